The van der Waals surface area contributed by atoms with Crippen LogP contribution in [0.4, 0.5) is 0 Å². The quantitative estimate of drug-likeness (QED) is 0.926. The maximum atomic E-state index is 6.27. The summed E-state index contributed by atoms with van der Waals surface area (Å²) in [6.45, 7) is 7.35. The number of piperidine rings is 1. The number of ether oxygens (including phenoxy) is 1. The maximum absolute atomic E-state index is 6.27. The first-order chi connectivity index (χ1) is 8.92. The molecule has 0 aliphatic carbocycles. The van der Waals surface area contributed by atoms with Crippen LogP contribution in [0.5, 0.6) is 5.75 Å². The zero-order chi connectivity index (χ0) is 14.0. The minimum atomic E-state index is 0.156. The lowest BCUT2D eigenvalue weighted by Gasteiger charge is -2.42. The molecule has 1 heterocycles. The minimum absolute atomic E-state index is 0.156. The van der Waals surface area contributed by atoms with Crippen molar-refractivity contribution in [2.24, 2.45) is 11.1 Å². The summed E-state index contributed by atoms with van der Waals surface area (Å²) in [5.74, 6) is 0.854. The summed E-state index contributed by atoms with van der Waals surface area (Å²) in [7, 11) is 1.68. The molecule has 3 nitrogen and oxygen atoms in total. The van der Waals surface area contributed by atoms with Crippen LogP contribution in [0.15, 0.2) is 18.2 Å². The van der Waals surface area contributed by atoms with E-state index in [0.717, 1.165) is 42.4 Å². The van der Waals surface area contributed by atoms with E-state index in [1.807, 2.05) is 18.2 Å². The average molecular weight is 283 g/mol. The highest BCUT2D eigenvalue weighted by atomic mass is 35.5. The van der Waals surface area contributed by atoms with Gasteiger partial charge in [0.15, 0.2) is 0 Å². The van der Waals surface area contributed by atoms with Crippen molar-refractivity contribution >= 4 is 11.6 Å². The maximum Gasteiger partial charge on any atom is 0.119 e. The fraction of sp³-hybridized carbons (Fsp3) is 0.600. The number of likely N-dealkylation sites (tertiary alicyclic amines) is 1. The Morgan fingerprint density at radius 3 is 2.84 bits per heavy atom. The van der Waals surface area contributed by atoms with Crippen molar-refractivity contribution in [1.82, 2.24) is 4.90 Å². The number of methoxy groups -OCH3 is 1. The summed E-state index contributed by atoms with van der Waals surface area (Å²) >= 11 is 6.27. The Bertz CT molecular complexity index is 448. The predicted molar refractivity (Wildman–Crippen MR) is 79.7 cm³/mol. The van der Waals surface area contributed by atoms with Crippen LogP contribution in [0.1, 0.15) is 25.8 Å². The van der Waals surface area contributed by atoms with Crippen LogP contribution in [-0.4, -0.2) is 31.1 Å². The molecule has 0 saturated carbocycles. The lowest BCUT2D eigenvalue weighted by atomic mass is 9.79. The molecule has 1 atom stereocenters. The topological polar surface area (TPSA) is 38.5 Å². The van der Waals surface area contributed by atoms with Gasteiger partial charge in [0, 0.05) is 30.7 Å². The number of hydrogen-bond donors (Lipinski definition) is 1. The highest BCUT2D eigenvalue weighted by molar-refractivity contribution is 6.31. The molecule has 106 valence electrons. The fourth-order valence-electron chi connectivity index (χ4n) is 2.66. The van der Waals surface area contributed by atoms with Crippen LogP contribution in [0.2, 0.25) is 5.02 Å². The van der Waals surface area contributed by atoms with Gasteiger partial charge in [-0.3, -0.25) is 4.90 Å². The second kappa shape index (κ2) is 5.70. The Morgan fingerprint density at radius 1 is 1.47 bits per heavy atom. The van der Waals surface area contributed by atoms with Crippen LogP contribution in [-0.2, 0) is 6.54 Å². The molecule has 1 aliphatic rings. The van der Waals surface area contributed by atoms with Crippen molar-refractivity contribution in [3.63, 3.8) is 0 Å². The van der Waals surface area contributed by atoms with E-state index in [0.29, 0.717) is 0 Å². The van der Waals surface area contributed by atoms with E-state index >= 15 is 0 Å². The largest absolute Gasteiger partial charge is 0.497 e. The molecule has 1 unspecified atom stereocenters. The molecule has 1 fully saturated rings. The highest BCUT2D eigenvalue weighted by Crippen LogP contribution is 2.30. The third-order valence-corrected chi connectivity index (χ3v) is 4.41. The molecule has 0 radical (unpaired) electrons. The Kier molecular flexibility index (Phi) is 4.39. The van der Waals surface area contributed by atoms with Gasteiger partial charge in [-0.25, -0.2) is 0 Å². The van der Waals surface area contributed by atoms with Gasteiger partial charge in [-0.1, -0.05) is 25.4 Å². The molecule has 19 heavy (non-hydrogen) atoms. The summed E-state index contributed by atoms with van der Waals surface area (Å²) in [6, 6.07) is 6.09. The minimum Gasteiger partial charge on any atom is -0.497 e. The van der Waals surface area contributed by atoms with Crippen LogP contribution in [0, 0.1) is 5.41 Å². The van der Waals surface area contributed by atoms with Crippen LogP contribution < -0.4 is 10.5 Å². The summed E-state index contributed by atoms with van der Waals surface area (Å²) < 4.78 is 5.26. The molecule has 2 rings (SSSR count). The van der Waals surface area contributed by atoms with Gasteiger partial charge in [0.1, 0.15) is 5.75 Å². The molecule has 0 aromatic heterocycles. The van der Waals surface area contributed by atoms with Crippen molar-refractivity contribution in [2.45, 2.75) is 32.9 Å². The van der Waals surface area contributed by atoms with E-state index < -0.39 is 0 Å². The van der Waals surface area contributed by atoms with Gasteiger partial charge in [-0.05, 0) is 35.6 Å². The number of rotatable bonds is 3. The van der Waals surface area contributed by atoms with Gasteiger partial charge < -0.3 is 10.5 Å². The number of halogens is 1. The Labute approximate surface area is 120 Å². The molecule has 0 amide bonds. The van der Waals surface area contributed by atoms with Crippen molar-refractivity contribution < 1.29 is 4.74 Å². The summed E-state index contributed by atoms with van der Waals surface area (Å²) in [5.41, 5.74) is 7.45. The van der Waals surface area contributed by atoms with E-state index in [1.165, 1.54) is 0 Å². The van der Waals surface area contributed by atoms with Crippen molar-refractivity contribution in [1.29, 1.82) is 0 Å². The summed E-state index contributed by atoms with van der Waals surface area (Å²) in [5, 5.41) is 0.800. The van der Waals surface area contributed by atoms with Crippen LogP contribution >= 0.6 is 11.6 Å². The van der Waals surface area contributed by atoms with E-state index in [2.05, 4.69) is 18.7 Å². The molecule has 4 heteroatoms. The van der Waals surface area contributed by atoms with E-state index in [-0.39, 0.29) is 11.5 Å². The van der Waals surface area contributed by atoms with Crippen LogP contribution in [0.3, 0.4) is 0 Å². The molecule has 1 aromatic carbocycles. The van der Waals surface area contributed by atoms with E-state index in [4.69, 9.17) is 22.1 Å². The molecule has 0 bridgehead atoms. The number of nitrogens with zero attached hydrogens (tertiary/aromatic N) is 1. The number of benzene rings is 1. The van der Waals surface area contributed by atoms with Gasteiger partial charge >= 0.3 is 0 Å². The van der Waals surface area contributed by atoms with Gasteiger partial charge in [-0.2, -0.15) is 0 Å². The standard InChI is InChI=1S/C15H23ClN2O/c1-15(2)10-18(7-6-14(15)17)9-11-8-12(19-3)4-5-13(11)16/h4-5,8,14H,6-7,9-10,17H2,1-3H3. The first-order valence-corrected chi connectivity index (χ1v) is 7.10. The van der Waals surface area contributed by atoms with Gasteiger partial charge in [0.25, 0.3) is 0 Å². The van der Waals surface area contributed by atoms with Crippen molar-refractivity contribution in [2.75, 3.05) is 20.2 Å². The predicted octanol–water partition coefficient (Wildman–Crippen LogP) is 2.91. The third-order valence-electron chi connectivity index (χ3n) is 4.04. The molecule has 0 spiro atoms. The second-order valence-corrected chi connectivity index (χ2v) is 6.46. The average Bonchev–Trinajstić information content (AvgIpc) is 2.36. The molecule has 1 aliphatic heterocycles. The Morgan fingerprint density at radius 2 is 2.21 bits per heavy atom. The van der Waals surface area contributed by atoms with E-state index in [9.17, 15) is 0 Å². The molecule has 1 saturated heterocycles. The van der Waals surface area contributed by atoms with Crippen molar-refractivity contribution in [3.8, 4) is 5.75 Å². The van der Waals surface area contributed by atoms with Crippen LogP contribution in [0.25, 0.3) is 0 Å². The third kappa shape index (κ3) is 3.41. The highest BCUT2D eigenvalue weighted by Gasteiger charge is 2.33. The lowest BCUT2D eigenvalue weighted by molar-refractivity contribution is 0.0898. The smallest absolute Gasteiger partial charge is 0.119 e. The normalized spacial score (nSPS) is 23.3. The Balaban J connectivity index is 2.09. The SMILES string of the molecule is COc1ccc(Cl)c(CN2CCC(N)C(C)(C)C2)c1. The van der Waals surface area contributed by atoms with E-state index in [1.54, 1.807) is 7.11 Å². The fourth-order valence-corrected chi connectivity index (χ4v) is 2.84. The number of nitrogens with two attached hydrogens (primary N) is 1. The van der Waals surface area contributed by atoms with Gasteiger partial charge in [0.05, 0.1) is 7.11 Å². The Hall–Kier alpha value is -0.770. The summed E-state index contributed by atoms with van der Waals surface area (Å²) in [6.07, 6.45) is 1.04. The number of hydrogen-bond acceptors (Lipinski definition) is 3. The first kappa shape index (κ1) is 14.6. The molecule has 1 aromatic rings. The zero-order valence-electron chi connectivity index (χ0n) is 11.9. The van der Waals surface area contributed by atoms with Gasteiger partial charge in [0.2, 0.25) is 0 Å². The second-order valence-electron chi connectivity index (χ2n) is 6.05. The summed E-state index contributed by atoms with van der Waals surface area (Å²) in [4.78, 5) is 2.42. The monoisotopic (exact) mass is 282 g/mol. The van der Waals surface area contributed by atoms with Gasteiger partial charge in [-0.15, -0.1) is 0 Å². The molecule has 2 N–H and O–H groups in total. The van der Waals surface area contributed by atoms with Crippen molar-refractivity contribution in [3.05, 3.63) is 28.8 Å². The zero-order valence-corrected chi connectivity index (χ0v) is 12.7. The molecular formula is C15H23ClN2O. The molecular weight excluding hydrogens is 260 g/mol. The lowest BCUT2D eigenvalue weighted by Crippen LogP contribution is -2.52. The first-order valence-electron chi connectivity index (χ1n) is 6.73.